The fourth-order valence-corrected chi connectivity index (χ4v) is 2.64. The molecule has 0 N–H and O–H groups in total. The van der Waals surface area contributed by atoms with Gasteiger partial charge in [-0.1, -0.05) is 11.3 Å². The summed E-state index contributed by atoms with van der Waals surface area (Å²) in [6.07, 6.45) is -3.29. The summed E-state index contributed by atoms with van der Waals surface area (Å²) in [5.41, 5.74) is 1.88. The molecule has 0 aliphatic carbocycles. The molecule has 0 fully saturated rings. The van der Waals surface area contributed by atoms with Crippen LogP contribution in [0.2, 0.25) is 0 Å². The van der Waals surface area contributed by atoms with E-state index >= 15 is 0 Å². The van der Waals surface area contributed by atoms with Crippen molar-refractivity contribution in [3.05, 3.63) is 35.6 Å². The first-order valence-electron chi connectivity index (χ1n) is 5.87. The summed E-state index contributed by atoms with van der Waals surface area (Å²) in [7, 11) is 0. The molecule has 4 nitrogen and oxygen atoms in total. The van der Waals surface area contributed by atoms with Crippen LogP contribution in [0.25, 0.3) is 21.6 Å². The normalized spacial score (nSPS) is 11.8. The summed E-state index contributed by atoms with van der Waals surface area (Å²) < 4.78 is 40.2. The molecule has 0 amide bonds. The Morgan fingerprint density at radius 1 is 1.10 bits per heavy atom. The summed E-state index contributed by atoms with van der Waals surface area (Å²) in [4.78, 5) is 13.4. The summed E-state index contributed by atoms with van der Waals surface area (Å²) in [5.74, 6) is -0.272. The molecular weight excluding hydrogens is 303 g/mol. The average molecular weight is 311 g/mol. The number of hydrogen-bond donors (Lipinski definition) is 0. The lowest BCUT2D eigenvalue weighted by Crippen LogP contribution is -2.16. The van der Waals surface area contributed by atoms with Gasteiger partial charge in [0.2, 0.25) is 0 Å². The Bertz CT molecular complexity index is 783. The van der Waals surface area contributed by atoms with Crippen molar-refractivity contribution in [1.29, 1.82) is 0 Å². The molecule has 2 aromatic heterocycles. The highest BCUT2D eigenvalue weighted by molar-refractivity contribution is 7.18. The monoisotopic (exact) mass is 311 g/mol. The van der Waals surface area contributed by atoms with Crippen molar-refractivity contribution in [2.75, 3.05) is 0 Å². The van der Waals surface area contributed by atoms with Crippen LogP contribution in [0.3, 0.4) is 0 Å². The van der Waals surface area contributed by atoms with Crippen molar-refractivity contribution in [2.24, 2.45) is 0 Å². The van der Waals surface area contributed by atoms with E-state index in [2.05, 4.69) is 19.7 Å². The van der Waals surface area contributed by atoms with Gasteiger partial charge in [-0.05, 0) is 31.2 Å². The third-order valence-electron chi connectivity index (χ3n) is 2.66. The SMILES string of the molecule is Cc1nc2c(-c3ccc(OC(F)(F)F)cc3)ncnc2s1. The lowest BCUT2D eigenvalue weighted by molar-refractivity contribution is -0.274. The Hall–Kier alpha value is -2.22. The lowest BCUT2D eigenvalue weighted by Gasteiger charge is -2.09. The van der Waals surface area contributed by atoms with Gasteiger partial charge in [-0.25, -0.2) is 15.0 Å². The van der Waals surface area contributed by atoms with Gasteiger partial charge in [-0.2, -0.15) is 0 Å². The number of aryl methyl sites for hydroxylation is 1. The predicted octanol–water partition coefficient (Wildman–Crippen LogP) is 3.96. The summed E-state index contributed by atoms with van der Waals surface area (Å²) in [5, 5.41) is 0.851. The lowest BCUT2D eigenvalue weighted by atomic mass is 10.1. The van der Waals surface area contributed by atoms with E-state index in [0.717, 1.165) is 9.84 Å². The van der Waals surface area contributed by atoms with Gasteiger partial charge in [0.15, 0.2) is 0 Å². The maximum absolute atomic E-state index is 12.1. The number of hydrogen-bond acceptors (Lipinski definition) is 5. The molecule has 0 saturated carbocycles. The summed E-state index contributed by atoms with van der Waals surface area (Å²) in [6.45, 7) is 1.86. The van der Waals surface area contributed by atoms with Gasteiger partial charge in [0.25, 0.3) is 0 Å². The van der Waals surface area contributed by atoms with Gasteiger partial charge in [-0.3, -0.25) is 0 Å². The largest absolute Gasteiger partial charge is 0.573 e. The Kier molecular flexibility index (Phi) is 3.25. The average Bonchev–Trinajstić information content (AvgIpc) is 2.78. The smallest absolute Gasteiger partial charge is 0.406 e. The fourth-order valence-electron chi connectivity index (χ4n) is 1.88. The Labute approximate surface area is 121 Å². The third kappa shape index (κ3) is 2.94. The highest BCUT2D eigenvalue weighted by Crippen LogP contribution is 2.30. The van der Waals surface area contributed by atoms with Gasteiger partial charge in [-0.15, -0.1) is 13.2 Å². The first kappa shape index (κ1) is 13.7. The van der Waals surface area contributed by atoms with Gasteiger partial charge in [0.1, 0.15) is 28.1 Å². The van der Waals surface area contributed by atoms with E-state index in [9.17, 15) is 13.2 Å². The molecule has 0 atom stereocenters. The number of thiazole rings is 1. The van der Waals surface area contributed by atoms with Crippen LogP contribution < -0.4 is 4.74 Å². The van der Waals surface area contributed by atoms with E-state index < -0.39 is 6.36 Å². The van der Waals surface area contributed by atoms with E-state index in [4.69, 9.17) is 0 Å². The standard InChI is InChI=1S/C13H8F3N3OS/c1-7-19-11-10(17-6-18-12(11)21-7)8-2-4-9(5-3-8)20-13(14,15)16/h2-6H,1H3. The molecular formula is C13H8F3N3OS. The van der Waals surface area contributed by atoms with Crippen LogP contribution in [0.15, 0.2) is 30.6 Å². The molecule has 0 unspecified atom stereocenters. The van der Waals surface area contributed by atoms with Crippen LogP contribution in [0, 0.1) is 6.92 Å². The van der Waals surface area contributed by atoms with E-state index in [1.54, 1.807) is 0 Å². The second kappa shape index (κ2) is 4.96. The van der Waals surface area contributed by atoms with Crippen LogP contribution in [-0.2, 0) is 0 Å². The van der Waals surface area contributed by atoms with Gasteiger partial charge >= 0.3 is 6.36 Å². The van der Waals surface area contributed by atoms with E-state index in [1.165, 1.54) is 41.9 Å². The number of nitrogens with zero attached hydrogens (tertiary/aromatic N) is 3. The van der Waals surface area contributed by atoms with Crippen molar-refractivity contribution in [2.45, 2.75) is 13.3 Å². The zero-order chi connectivity index (χ0) is 15.0. The Morgan fingerprint density at radius 2 is 1.81 bits per heavy atom. The van der Waals surface area contributed by atoms with Crippen LogP contribution in [0.1, 0.15) is 5.01 Å². The van der Waals surface area contributed by atoms with Gasteiger partial charge in [0.05, 0.1) is 5.01 Å². The summed E-state index contributed by atoms with van der Waals surface area (Å²) in [6, 6.07) is 5.51. The molecule has 3 rings (SSSR count). The molecule has 1 aromatic carbocycles. The molecule has 0 radical (unpaired) electrons. The zero-order valence-corrected chi connectivity index (χ0v) is 11.5. The molecule has 3 aromatic rings. The molecule has 8 heteroatoms. The van der Waals surface area contributed by atoms with E-state index in [-0.39, 0.29) is 5.75 Å². The minimum absolute atomic E-state index is 0.272. The zero-order valence-electron chi connectivity index (χ0n) is 10.7. The number of benzene rings is 1. The fraction of sp³-hybridized carbons (Fsp3) is 0.154. The van der Waals surface area contributed by atoms with Crippen molar-refractivity contribution in [3.8, 4) is 17.0 Å². The predicted molar refractivity (Wildman–Crippen MR) is 72.1 cm³/mol. The number of alkyl halides is 3. The Balaban J connectivity index is 1.99. The van der Waals surface area contributed by atoms with Crippen LogP contribution >= 0.6 is 11.3 Å². The molecule has 21 heavy (non-hydrogen) atoms. The first-order chi connectivity index (χ1) is 9.92. The first-order valence-corrected chi connectivity index (χ1v) is 6.68. The molecule has 0 saturated heterocycles. The highest BCUT2D eigenvalue weighted by Gasteiger charge is 2.31. The van der Waals surface area contributed by atoms with Crippen molar-refractivity contribution < 1.29 is 17.9 Å². The molecule has 0 aliphatic rings. The van der Waals surface area contributed by atoms with Gasteiger partial charge < -0.3 is 4.74 Å². The van der Waals surface area contributed by atoms with Crippen molar-refractivity contribution in [1.82, 2.24) is 15.0 Å². The highest BCUT2D eigenvalue weighted by atomic mass is 32.1. The maximum Gasteiger partial charge on any atom is 0.573 e. The van der Waals surface area contributed by atoms with Crippen molar-refractivity contribution in [3.63, 3.8) is 0 Å². The number of ether oxygens (including phenoxy) is 1. The number of halogens is 3. The number of rotatable bonds is 2. The molecule has 2 heterocycles. The third-order valence-corrected chi connectivity index (χ3v) is 3.54. The topological polar surface area (TPSA) is 47.9 Å². The maximum atomic E-state index is 12.1. The molecule has 108 valence electrons. The quantitative estimate of drug-likeness (QED) is 0.719. The van der Waals surface area contributed by atoms with E-state index in [1.807, 2.05) is 6.92 Å². The van der Waals surface area contributed by atoms with Crippen molar-refractivity contribution >= 4 is 21.7 Å². The molecule has 0 bridgehead atoms. The number of fused-ring (bicyclic) bond motifs is 1. The Morgan fingerprint density at radius 3 is 2.48 bits per heavy atom. The van der Waals surface area contributed by atoms with Crippen LogP contribution in [-0.4, -0.2) is 21.3 Å². The minimum atomic E-state index is -4.70. The summed E-state index contributed by atoms with van der Waals surface area (Å²) >= 11 is 1.44. The molecule has 0 aliphatic heterocycles. The molecule has 0 spiro atoms. The van der Waals surface area contributed by atoms with Gasteiger partial charge in [0, 0.05) is 5.56 Å². The van der Waals surface area contributed by atoms with Crippen LogP contribution in [0.4, 0.5) is 13.2 Å². The second-order valence-corrected chi connectivity index (χ2v) is 5.36. The van der Waals surface area contributed by atoms with E-state index in [0.29, 0.717) is 16.8 Å². The minimum Gasteiger partial charge on any atom is -0.406 e. The number of aromatic nitrogens is 3. The second-order valence-electron chi connectivity index (χ2n) is 4.18. The van der Waals surface area contributed by atoms with Crippen LogP contribution in [0.5, 0.6) is 5.75 Å².